The molecule has 0 spiro atoms. The van der Waals surface area contributed by atoms with Gasteiger partial charge in [-0.2, -0.15) is 0 Å². The molecule has 0 saturated carbocycles. The number of halogens is 2. The molecule has 0 N–H and O–H groups in total. The van der Waals surface area contributed by atoms with Gasteiger partial charge in [0.05, 0.1) is 5.71 Å². The van der Waals surface area contributed by atoms with Gasteiger partial charge < -0.3 is 4.84 Å². The van der Waals surface area contributed by atoms with Crippen molar-refractivity contribution in [3.05, 3.63) is 33.3 Å². The number of benzene rings is 1. The molecule has 0 bridgehead atoms. The first-order valence-electron chi connectivity index (χ1n) is 3.91. The summed E-state index contributed by atoms with van der Waals surface area (Å²) in [6, 6.07) is 5.65. The summed E-state index contributed by atoms with van der Waals surface area (Å²) in [5.41, 5.74) is 2.03. The van der Waals surface area contributed by atoms with E-state index in [1.54, 1.807) is 0 Å². The number of hydrogen-bond donors (Lipinski definition) is 0. The van der Waals surface area contributed by atoms with Gasteiger partial charge in [0.15, 0.2) is 0 Å². The van der Waals surface area contributed by atoms with E-state index in [0.717, 1.165) is 27.2 Å². The molecule has 4 heteroatoms. The Labute approximate surface area is 89.7 Å². The van der Waals surface area contributed by atoms with Crippen molar-refractivity contribution in [3.63, 3.8) is 0 Å². The molecule has 0 fully saturated rings. The van der Waals surface area contributed by atoms with Crippen molar-refractivity contribution in [2.24, 2.45) is 5.16 Å². The standard InChI is InChI=1S/C9H7BrClNO/c10-8-5-6(11)1-2-7(8)9-3-4-13-12-9/h1-2,5H,3-4H2. The lowest BCUT2D eigenvalue weighted by Crippen LogP contribution is -1.97. The smallest absolute Gasteiger partial charge is 0.122 e. The average molecular weight is 261 g/mol. The van der Waals surface area contributed by atoms with Crippen LogP contribution in [0.1, 0.15) is 12.0 Å². The second-order valence-corrected chi connectivity index (χ2v) is 4.04. The Bertz CT molecular complexity index is 365. The molecule has 0 unspecified atom stereocenters. The van der Waals surface area contributed by atoms with Crippen molar-refractivity contribution in [2.45, 2.75) is 6.42 Å². The normalized spacial score (nSPS) is 15.4. The van der Waals surface area contributed by atoms with Gasteiger partial charge in [-0.15, -0.1) is 0 Å². The molecule has 13 heavy (non-hydrogen) atoms. The molecule has 0 radical (unpaired) electrons. The number of rotatable bonds is 1. The van der Waals surface area contributed by atoms with Gasteiger partial charge in [-0.05, 0) is 12.1 Å². The minimum atomic E-state index is 0.671. The van der Waals surface area contributed by atoms with E-state index in [1.165, 1.54) is 0 Å². The molecule has 0 atom stereocenters. The number of oxime groups is 1. The van der Waals surface area contributed by atoms with E-state index in [9.17, 15) is 0 Å². The van der Waals surface area contributed by atoms with Gasteiger partial charge in [0, 0.05) is 21.5 Å². The summed E-state index contributed by atoms with van der Waals surface area (Å²) < 4.78 is 0.962. The fourth-order valence-electron chi connectivity index (χ4n) is 1.22. The maximum Gasteiger partial charge on any atom is 0.122 e. The van der Waals surface area contributed by atoms with Crippen LogP contribution >= 0.6 is 27.5 Å². The van der Waals surface area contributed by atoms with Gasteiger partial charge in [-0.1, -0.05) is 38.8 Å². The molecule has 1 aromatic rings. The van der Waals surface area contributed by atoms with Crippen molar-refractivity contribution < 1.29 is 4.84 Å². The van der Waals surface area contributed by atoms with Gasteiger partial charge in [-0.25, -0.2) is 0 Å². The molecular formula is C9H7BrClNO. The van der Waals surface area contributed by atoms with Crippen LogP contribution in [0.25, 0.3) is 0 Å². The summed E-state index contributed by atoms with van der Waals surface area (Å²) in [7, 11) is 0. The van der Waals surface area contributed by atoms with E-state index in [1.807, 2.05) is 18.2 Å². The van der Waals surface area contributed by atoms with Crippen LogP contribution in [0.5, 0.6) is 0 Å². The van der Waals surface area contributed by atoms with Crippen LogP contribution in [-0.4, -0.2) is 12.3 Å². The van der Waals surface area contributed by atoms with Gasteiger partial charge in [0.25, 0.3) is 0 Å². The van der Waals surface area contributed by atoms with Gasteiger partial charge in [0.2, 0.25) is 0 Å². The fourth-order valence-corrected chi connectivity index (χ4v) is 2.13. The van der Waals surface area contributed by atoms with E-state index in [4.69, 9.17) is 16.4 Å². The second-order valence-electron chi connectivity index (χ2n) is 2.75. The summed E-state index contributed by atoms with van der Waals surface area (Å²) in [6.45, 7) is 0.671. The largest absolute Gasteiger partial charge is 0.395 e. The molecule has 0 aliphatic carbocycles. The molecule has 1 aliphatic rings. The molecule has 1 aliphatic heterocycles. The van der Waals surface area contributed by atoms with E-state index >= 15 is 0 Å². The van der Waals surface area contributed by atoms with Gasteiger partial charge in [-0.3, -0.25) is 0 Å². The summed E-state index contributed by atoms with van der Waals surface area (Å²) >= 11 is 9.26. The molecule has 2 nitrogen and oxygen atoms in total. The van der Waals surface area contributed by atoms with Crippen molar-refractivity contribution in [1.29, 1.82) is 0 Å². The molecule has 0 saturated heterocycles. The van der Waals surface area contributed by atoms with Crippen molar-refractivity contribution in [2.75, 3.05) is 6.61 Å². The van der Waals surface area contributed by atoms with Crippen LogP contribution in [-0.2, 0) is 4.84 Å². The zero-order valence-corrected chi connectivity index (χ0v) is 9.10. The zero-order chi connectivity index (χ0) is 9.26. The van der Waals surface area contributed by atoms with E-state index in [0.29, 0.717) is 6.61 Å². The Morgan fingerprint density at radius 3 is 2.92 bits per heavy atom. The van der Waals surface area contributed by atoms with Crippen LogP contribution in [0.4, 0.5) is 0 Å². The topological polar surface area (TPSA) is 21.6 Å². The second kappa shape index (κ2) is 3.68. The number of hydrogen-bond acceptors (Lipinski definition) is 2. The molecule has 0 aromatic heterocycles. The Morgan fingerprint density at radius 2 is 2.31 bits per heavy atom. The van der Waals surface area contributed by atoms with E-state index in [2.05, 4.69) is 21.1 Å². The first-order chi connectivity index (χ1) is 6.27. The lowest BCUT2D eigenvalue weighted by atomic mass is 10.1. The molecule has 0 amide bonds. The molecule has 2 rings (SSSR count). The van der Waals surface area contributed by atoms with Crippen molar-refractivity contribution >= 4 is 33.2 Å². The Balaban J connectivity index is 2.40. The molecular weight excluding hydrogens is 253 g/mol. The summed E-state index contributed by atoms with van der Waals surface area (Å²) in [6.07, 6.45) is 0.861. The highest BCUT2D eigenvalue weighted by atomic mass is 79.9. The SMILES string of the molecule is Clc1ccc(C2=NOCC2)c(Br)c1. The van der Waals surface area contributed by atoms with Crippen LogP contribution in [0.2, 0.25) is 5.02 Å². The van der Waals surface area contributed by atoms with Gasteiger partial charge >= 0.3 is 0 Å². The lowest BCUT2D eigenvalue weighted by molar-refractivity contribution is 0.174. The van der Waals surface area contributed by atoms with E-state index in [-0.39, 0.29) is 0 Å². The predicted octanol–water partition coefficient (Wildman–Crippen LogP) is 3.23. The van der Waals surface area contributed by atoms with E-state index < -0.39 is 0 Å². The molecule has 68 valence electrons. The maximum absolute atomic E-state index is 5.82. The van der Waals surface area contributed by atoms with Crippen molar-refractivity contribution in [3.8, 4) is 0 Å². The summed E-state index contributed by atoms with van der Waals surface area (Å²) in [5, 5.41) is 4.66. The quantitative estimate of drug-likeness (QED) is 0.760. The highest BCUT2D eigenvalue weighted by Gasteiger charge is 2.13. The van der Waals surface area contributed by atoms with Crippen LogP contribution in [0.15, 0.2) is 27.8 Å². The van der Waals surface area contributed by atoms with Crippen LogP contribution < -0.4 is 0 Å². The maximum atomic E-state index is 5.82. The summed E-state index contributed by atoms with van der Waals surface area (Å²) in [5.74, 6) is 0. The van der Waals surface area contributed by atoms with Crippen LogP contribution in [0, 0.1) is 0 Å². The Hall–Kier alpha value is -0.540. The minimum Gasteiger partial charge on any atom is -0.395 e. The average Bonchev–Trinajstić information content (AvgIpc) is 2.56. The zero-order valence-electron chi connectivity index (χ0n) is 6.76. The monoisotopic (exact) mass is 259 g/mol. The highest BCUT2D eigenvalue weighted by Crippen LogP contribution is 2.24. The van der Waals surface area contributed by atoms with Crippen molar-refractivity contribution in [1.82, 2.24) is 0 Å². The third-order valence-corrected chi connectivity index (χ3v) is 2.74. The Kier molecular flexibility index (Phi) is 2.56. The number of nitrogens with zero attached hydrogens (tertiary/aromatic N) is 1. The fraction of sp³-hybridized carbons (Fsp3) is 0.222. The molecule has 1 aromatic carbocycles. The van der Waals surface area contributed by atoms with Gasteiger partial charge in [0.1, 0.15) is 6.61 Å². The third kappa shape index (κ3) is 1.86. The highest BCUT2D eigenvalue weighted by molar-refractivity contribution is 9.10. The summed E-state index contributed by atoms with van der Waals surface area (Å²) in [4.78, 5) is 4.93. The Morgan fingerprint density at radius 1 is 1.46 bits per heavy atom. The first-order valence-corrected chi connectivity index (χ1v) is 5.09. The minimum absolute atomic E-state index is 0.671. The van der Waals surface area contributed by atoms with Crippen LogP contribution in [0.3, 0.4) is 0 Å². The predicted molar refractivity (Wildman–Crippen MR) is 56.3 cm³/mol. The lowest BCUT2D eigenvalue weighted by Gasteiger charge is -2.01. The molecule has 1 heterocycles. The third-order valence-electron chi connectivity index (χ3n) is 1.85. The first kappa shape index (κ1) is 9.03.